The van der Waals surface area contributed by atoms with Gasteiger partial charge in [0, 0.05) is 28.6 Å². The van der Waals surface area contributed by atoms with Crippen molar-refractivity contribution in [2.75, 3.05) is 0 Å². The van der Waals surface area contributed by atoms with Crippen LogP contribution in [0.5, 0.6) is 0 Å². The Morgan fingerprint density at radius 2 is 2.14 bits per heavy atom. The number of pyridine rings is 1. The van der Waals surface area contributed by atoms with Gasteiger partial charge in [-0.05, 0) is 52.1 Å². The highest BCUT2D eigenvalue weighted by molar-refractivity contribution is 9.10. The highest BCUT2D eigenvalue weighted by Crippen LogP contribution is 2.19. The Bertz CT molecular complexity index is 707. The van der Waals surface area contributed by atoms with E-state index >= 15 is 0 Å². The maximum absolute atomic E-state index is 11.8. The van der Waals surface area contributed by atoms with Crippen LogP contribution in [0, 0.1) is 0 Å². The number of hydrogen-bond donors (Lipinski definition) is 1. The van der Waals surface area contributed by atoms with E-state index in [0.29, 0.717) is 5.82 Å². The molecule has 0 aliphatic carbocycles. The predicted molar refractivity (Wildman–Crippen MR) is 89.0 cm³/mol. The zero-order chi connectivity index (χ0) is 15.2. The van der Waals surface area contributed by atoms with Crippen LogP contribution in [-0.2, 0) is 6.42 Å². The molecule has 4 nitrogen and oxygen atoms in total. The first-order valence-corrected chi connectivity index (χ1v) is 7.83. The van der Waals surface area contributed by atoms with Crippen molar-refractivity contribution in [2.45, 2.75) is 33.1 Å². The molecule has 0 fully saturated rings. The van der Waals surface area contributed by atoms with Gasteiger partial charge in [0.2, 0.25) is 0 Å². The van der Waals surface area contributed by atoms with Crippen molar-refractivity contribution in [3.8, 4) is 0 Å². The number of nitrogens with zero attached hydrogens (tertiary/aromatic N) is 2. The lowest BCUT2D eigenvalue weighted by molar-refractivity contribution is 0.857. The lowest BCUT2D eigenvalue weighted by atomic mass is 10.1. The summed E-state index contributed by atoms with van der Waals surface area (Å²) in [4.78, 5) is 23.3. The Hall–Kier alpha value is -1.75. The predicted octanol–water partition coefficient (Wildman–Crippen LogP) is 3.83. The van der Waals surface area contributed by atoms with Crippen LogP contribution >= 0.6 is 15.9 Å². The molecule has 0 spiro atoms. The SMILES string of the molecule is CCCc1cc(=O)[nH]c(/C(=C\c2cncc(Br)c2)CC)n1. The molecule has 0 aliphatic rings. The lowest BCUT2D eigenvalue weighted by Crippen LogP contribution is -2.12. The largest absolute Gasteiger partial charge is 0.307 e. The number of aromatic nitrogens is 3. The highest BCUT2D eigenvalue weighted by Gasteiger charge is 2.06. The minimum Gasteiger partial charge on any atom is -0.307 e. The Morgan fingerprint density at radius 1 is 1.33 bits per heavy atom. The first kappa shape index (κ1) is 15.6. The summed E-state index contributed by atoms with van der Waals surface area (Å²) < 4.78 is 0.924. The van der Waals surface area contributed by atoms with E-state index in [1.54, 1.807) is 18.5 Å². The number of allylic oxidation sites excluding steroid dienone is 1. The average Bonchev–Trinajstić information content (AvgIpc) is 2.44. The molecule has 2 heterocycles. The molecule has 110 valence electrons. The molecule has 0 saturated carbocycles. The molecule has 21 heavy (non-hydrogen) atoms. The van der Waals surface area contributed by atoms with Gasteiger partial charge in [-0.3, -0.25) is 9.78 Å². The molecule has 0 aliphatic heterocycles. The molecule has 0 aromatic carbocycles. The van der Waals surface area contributed by atoms with Crippen molar-refractivity contribution in [2.24, 2.45) is 0 Å². The Labute approximate surface area is 132 Å². The number of aromatic amines is 1. The fraction of sp³-hybridized carbons (Fsp3) is 0.312. The average molecular weight is 348 g/mol. The van der Waals surface area contributed by atoms with Crippen molar-refractivity contribution in [3.05, 3.63) is 56.4 Å². The molecular weight excluding hydrogens is 330 g/mol. The van der Waals surface area contributed by atoms with E-state index in [1.165, 1.54) is 0 Å². The van der Waals surface area contributed by atoms with Gasteiger partial charge in [-0.2, -0.15) is 0 Å². The molecule has 2 rings (SSSR count). The summed E-state index contributed by atoms with van der Waals surface area (Å²) in [6, 6.07) is 3.55. The first-order chi connectivity index (χ1) is 10.1. The Kier molecular flexibility index (Phi) is 5.44. The molecule has 0 atom stereocenters. The third-order valence-electron chi connectivity index (χ3n) is 3.05. The molecule has 0 bridgehead atoms. The van der Waals surface area contributed by atoms with Gasteiger partial charge in [0.1, 0.15) is 5.82 Å². The molecular formula is C16H18BrN3O. The second-order valence-corrected chi connectivity index (χ2v) is 5.71. The van der Waals surface area contributed by atoms with Gasteiger partial charge in [0.05, 0.1) is 0 Å². The van der Waals surface area contributed by atoms with Gasteiger partial charge in [-0.1, -0.05) is 20.3 Å². The summed E-state index contributed by atoms with van der Waals surface area (Å²) >= 11 is 3.41. The van der Waals surface area contributed by atoms with Crippen molar-refractivity contribution in [1.82, 2.24) is 15.0 Å². The van der Waals surface area contributed by atoms with E-state index in [2.05, 4.69) is 37.8 Å². The second-order valence-electron chi connectivity index (χ2n) is 4.79. The monoisotopic (exact) mass is 347 g/mol. The van der Waals surface area contributed by atoms with Crippen LogP contribution in [-0.4, -0.2) is 15.0 Å². The molecule has 0 saturated heterocycles. The quantitative estimate of drug-likeness (QED) is 0.893. The zero-order valence-electron chi connectivity index (χ0n) is 12.2. The number of H-pyrrole nitrogens is 1. The summed E-state index contributed by atoms with van der Waals surface area (Å²) in [7, 11) is 0. The molecule has 5 heteroatoms. The summed E-state index contributed by atoms with van der Waals surface area (Å²) in [5.74, 6) is 0.647. The maximum Gasteiger partial charge on any atom is 0.251 e. The fourth-order valence-electron chi connectivity index (χ4n) is 2.09. The topological polar surface area (TPSA) is 58.6 Å². The summed E-state index contributed by atoms with van der Waals surface area (Å²) in [6.07, 6.45) is 8.10. The van der Waals surface area contributed by atoms with Crippen LogP contribution in [0.4, 0.5) is 0 Å². The number of hydrogen-bond acceptors (Lipinski definition) is 3. The summed E-state index contributed by atoms with van der Waals surface area (Å²) in [6.45, 7) is 4.12. The van der Waals surface area contributed by atoms with Crippen LogP contribution in [0.25, 0.3) is 11.6 Å². The van der Waals surface area contributed by atoms with Crippen LogP contribution in [0.3, 0.4) is 0 Å². The van der Waals surface area contributed by atoms with Crippen LogP contribution in [0.2, 0.25) is 0 Å². The summed E-state index contributed by atoms with van der Waals surface area (Å²) in [5, 5.41) is 0. The molecule has 0 unspecified atom stereocenters. The molecule has 2 aromatic heterocycles. The Balaban J connectivity index is 2.43. The normalized spacial score (nSPS) is 11.7. The third-order valence-corrected chi connectivity index (χ3v) is 3.49. The van der Waals surface area contributed by atoms with E-state index in [-0.39, 0.29) is 5.56 Å². The summed E-state index contributed by atoms with van der Waals surface area (Å²) in [5.41, 5.74) is 2.70. The van der Waals surface area contributed by atoms with Crippen LogP contribution < -0.4 is 5.56 Å². The van der Waals surface area contributed by atoms with Gasteiger partial charge in [-0.15, -0.1) is 0 Å². The van der Waals surface area contributed by atoms with Crippen molar-refractivity contribution < 1.29 is 0 Å². The molecule has 0 radical (unpaired) electrons. The number of halogens is 1. The van der Waals surface area contributed by atoms with Gasteiger partial charge < -0.3 is 4.98 Å². The van der Waals surface area contributed by atoms with Gasteiger partial charge in [-0.25, -0.2) is 4.98 Å². The minimum absolute atomic E-state index is 0.102. The molecule has 2 aromatic rings. The van der Waals surface area contributed by atoms with E-state index in [1.807, 2.05) is 19.1 Å². The number of nitrogens with one attached hydrogen (secondary N) is 1. The molecule has 0 amide bonds. The van der Waals surface area contributed by atoms with E-state index in [0.717, 1.165) is 40.6 Å². The standard InChI is InChI=1S/C16H18BrN3O/c1-3-5-14-8-15(21)20-16(19-14)12(4-2)6-11-7-13(17)10-18-9-11/h6-10H,3-5H2,1-2H3,(H,19,20,21)/b12-6-. The third kappa shape index (κ3) is 4.36. The smallest absolute Gasteiger partial charge is 0.251 e. The maximum atomic E-state index is 11.8. The number of aryl methyl sites for hydroxylation is 1. The first-order valence-electron chi connectivity index (χ1n) is 7.04. The van der Waals surface area contributed by atoms with E-state index < -0.39 is 0 Å². The van der Waals surface area contributed by atoms with Crippen molar-refractivity contribution in [1.29, 1.82) is 0 Å². The lowest BCUT2D eigenvalue weighted by Gasteiger charge is -2.06. The van der Waals surface area contributed by atoms with Gasteiger partial charge in [0.15, 0.2) is 0 Å². The molecule has 1 N–H and O–H groups in total. The van der Waals surface area contributed by atoms with Gasteiger partial charge >= 0.3 is 0 Å². The van der Waals surface area contributed by atoms with Gasteiger partial charge in [0.25, 0.3) is 5.56 Å². The zero-order valence-corrected chi connectivity index (χ0v) is 13.8. The van der Waals surface area contributed by atoms with Crippen molar-refractivity contribution in [3.63, 3.8) is 0 Å². The van der Waals surface area contributed by atoms with E-state index in [9.17, 15) is 4.79 Å². The highest BCUT2D eigenvalue weighted by atomic mass is 79.9. The van der Waals surface area contributed by atoms with Crippen LogP contribution in [0.1, 0.15) is 43.8 Å². The van der Waals surface area contributed by atoms with Crippen LogP contribution in [0.15, 0.2) is 33.8 Å². The van der Waals surface area contributed by atoms with E-state index in [4.69, 9.17) is 0 Å². The minimum atomic E-state index is -0.102. The second kappa shape index (κ2) is 7.31. The van der Waals surface area contributed by atoms with Crippen molar-refractivity contribution >= 4 is 27.6 Å². The number of rotatable bonds is 5. The fourth-order valence-corrected chi connectivity index (χ4v) is 2.47. The Morgan fingerprint density at radius 3 is 2.81 bits per heavy atom.